The van der Waals surface area contributed by atoms with Crippen LogP contribution in [0.15, 0.2) is 0 Å². The molecule has 0 aromatic carbocycles. The number of carbonyl (C=O) groups is 1. The van der Waals surface area contributed by atoms with E-state index in [-0.39, 0.29) is 18.1 Å². The number of unbranched alkanes of at least 4 members (excludes halogenated alkanes) is 15. The summed E-state index contributed by atoms with van der Waals surface area (Å²) in [5.74, 6) is -0.226. The number of nitrogens with one attached hydrogen (secondary N) is 1. The van der Waals surface area contributed by atoms with Crippen molar-refractivity contribution < 1.29 is 19.0 Å². The highest BCUT2D eigenvalue weighted by Crippen LogP contribution is 2.13. The average Bonchev–Trinajstić information content (AvgIpc) is 2.80. The average molecular weight is 458 g/mol. The summed E-state index contributed by atoms with van der Waals surface area (Å²) in [7, 11) is 1.68. The van der Waals surface area contributed by atoms with Crippen molar-refractivity contribution in [3.8, 4) is 0 Å². The lowest BCUT2D eigenvalue weighted by atomic mass is 10.0. The molecule has 0 aliphatic rings. The minimum absolute atomic E-state index is 0.0482. The van der Waals surface area contributed by atoms with Gasteiger partial charge < -0.3 is 19.5 Å². The number of hydrogen-bond donors (Lipinski definition) is 1. The topological polar surface area (TPSA) is 56.8 Å². The predicted octanol–water partition coefficient (Wildman–Crippen LogP) is 6.82. The number of methoxy groups -OCH3 is 1. The Morgan fingerprint density at radius 2 is 1.22 bits per heavy atom. The largest absolute Gasteiger partial charge is 0.465 e. The van der Waals surface area contributed by atoms with Crippen LogP contribution in [0.1, 0.15) is 124 Å². The van der Waals surface area contributed by atoms with E-state index in [0.29, 0.717) is 19.8 Å². The van der Waals surface area contributed by atoms with Gasteiger partial charge in [0.2, 0.25) is 0 Å². The van der Waals surface area contributed by atoms with Gasteiger partial charge in [-0.1, -0.05) is 103 Å². The highest BCUT2D eigenvalue weighted by molar-refractivity contribution is 5.75. The molecule has 0 radical (unpaired) electrons. The van der Waals surface area contributed by atoms with Crippen LogP contribution in [0.25, 0.3) is 0 Å². The normalized spacial score (nSPS) is 13.2. The molecular weight excluding hydrogens is 402 g/mol. The molecule has 0 rings (SSSR count). The van der Waals surface area contributed by atoms with Gasteiger partial charge in [-0.25, -0.2) is 0 Å². The van der Waals surface area contributed by atoms with Crippen LogP contribution in [0.2, 0.25) is 0 Å². The SMILES string of the molecule is CCCCCCCCCCCCCCCCCCOCC(CNC(C)C(=O)OCC)OC. The molecule has 32 heavy (non-hydrogen) atoms. The van der Waals surface area contributed by atoms with E-state index in [2.05, 4.69) is 12.2 Å². The first-order valence-electron chi connectivity index (χ1n) is 13.7. The molecule has 0 aromatic rings. The molecule has 5 nitrogen and oxygen atoms in total. The quantitative estimate of drug-likeness (QED) is 0.120. The van der Waals surface area contributed by atoms with Gasteiger partial charge in [-0.05, 0) is 20.3 Å². The van der Waals surface area contributed by atoms with Crippen molar-refractivity contribution in [3.63, 3.8) is 0 Å². The molecule has 0 saturated carbocycles. The second-order valence-electron chi connectivity index (χ2n) is 9.12. The maximum Gasteiger partial charge on any atom is 0.322 e. The monoisotopic (exact) mass is 457 g/mol. The Kier molecular flexibility index (Phi) is 24.5. The predicted molar refractivity (Wildman–Crippen MR) is 135 cm³/mol. The van der Waals surface area contributed by atoms with E-state index >= 15 is 0 Å². The molecule has 0 fully saturated rings. The zero-order valence-corrected chi connectivity index (χ0v) is 21.9. The second-order valence-corrected chi connectivity index (χ2v) is 9.12. The number of ether oxygens (including phenoxy) is 3. The highest BCUT2D eigenvalue weighted by Gasteiger charge is 2.16. The summed E-state index contributed by atoms with van der Waals surface area (Å²) in [6.07, 6.45) is 22.0. The van der Waals surface area contributed by atoms with Gasteiger partial charge >= 0.3 is 5.97 Å². The van der Waals surface area contributed by atoms with Gasteiger partial charge in [0.05, 0.1) is 19.3 Å². The Labute approximate surface area is 199 Å². The molecule has 192 valence electrons. The third-order valence-electron chi connectivity index (χ3n) is 6.07. The maximum absolute atomic E-state index is 11.6. The molecule has 0 aliphatic carbocycles. The molecule has 0 aromatic heterocycles. The minimum Gasteiger partial charge on any atom is -0.465 e. The van der Waals surface area contributed by atoms with Gasteiger partial charge in [0.1, 0.15) is 6.04 Å². The maximum atomic E-state index is 11.6. The summed E-state index contributed by atoms with van der Waals surface area (Å²) in [6, 6.07) is -0.326. The molecule has 0 amide bonds. The first-order valence-corrected chi connectivity index (χ1v) is 13.7. The summed E-state index contributed by atoms with van der Waals surface area (Å²) in [6.45, 7) is 8.23. The lowest BCUT2D eigenvalue weighted by molar-refractivity contribution is -0.145. The van der Waals surface area contributed by atoms with E-state index in [1.807, 2.05) is 13.8 Å². The van der Waals surface area contributed by atoms with Gasteiger partial charge in [0.15, 0.2) is 0 Å². The fourth-order valence-corrected chi connectivity index (χ4v) is 3.84. The number of hydrogen-bond acceptors (Lipinski definition) is 5. The van der Waals surface area contributed by atoms with Gasteiger partial charge in [0.25, 0.3) is 0 Å². The molecule has 0 spiro atoms. The Morgan fingerprint density at radius 1 is 0.750 bits per heavy atom. The molecule has 2 unspecified atom stereocenters. The van der Waals surface area contributed by atoms with Crippen molar-refractivity contribution in [2.24, 2.45) is 0 Å². The molecule has 0 saturated heterocycles. The van der Waals surface area contributed by atoms with Gasteiger partial charge in [-0.15, -0.1) is 0 Å². The van der Waals surface area contributed by atoms with Crippen LogP contribution in [0.4, 0.5) is 0 Å². The van der Waals surface area contributed by atoms with Crippen LogP contribution in [0.5, 0.6) is 0 Å². The van der Waals surface area contributed by atoms with Crippen molar-refractivity contribution in [2.75, 3.05) is 33.5 Å². The van der Waals surface area contributed by atoms with E-state index < -0.39 is 0 Å². The van der Waals surface area contributed by atoms with Gasteiger partial charge in [0, 0.05) is 20.3 Å². The van der Waals surface area contributed by atoms with Crippen LogP contribution < -0.4 is 5.32 Å². The van der Waals surface area contributed by atoms with Gasteiger partial charge in [-0.3, -0.25) is 4.79 Å². The van der Waals surface area contributed by atoms with Crippen LogP contribution in [-0.4, -0.2) is 51.6 Å². The fourth-order valence-electron chi connectivity index (χ4n) is 3.84. The zero-order chi connectivity index (χ0) is 23.7. The third-order valence-corrected chi connectivity index (χ3v) is 6.07. The van der Waals surface area contributed by atoms with Crippen LogP contribution in [0.3, 0.4) is 0 Å². The van der Waals surface area contributed by atoms with Crippen molar-refractivity contribution in [3.05, 3.63) is 0 Å². The molecule has 1 N–H and O–H groups in total. The summed E-state index contributed by atoms with van der Waals surface area (Å²) in [5.41, 5.74) is 0. The summed E-state index contributed by atoms with van der Waals surface area (Å²) < 4.78 is 16.2. The number of esters is 1. The third kappa shape index (κ3) is 21.2. The Balaban J connectivity index is 3.34. The highest BCUT2D eigenvalue weighted by atomic mass is 16.5. The summed E-state index contributed by atoms with van der Waals surface area (Å²) in [4.78, 5) is 11.6. The Bertz CT molecular complexity index is 392. The van der Waals surface area contributed by atoms with E-state index in [4.69, 9.17) is 14.2 Å². The molecule has 2 atom stereocenters. The Hall–Kier alpha value is -0.650. The van der Waals surface area contributed by atoms with Gasteiger partial charge in [-0.2, -0.15) is 0 Å². The molecule has 0 bridgehead atoms. The van der Waals surface area contributed by atoms with Crippen molar-refractivity contribution in [2.45, 2.75) is 136 Å². The van der Waals surface area contributed by atoms with E-state index in [1.165, 1.54) is 96.3 Å². The number of carbonyl (C=O) groups excluding carboxylic acids is 1. The fraction of sp³-hybridized carbons (Fsp3) is 0.963. The minimum atomic E-state index is -0.326. The van der Waals surface area contributed by atoms with E-state index in [0.717, 1.165) is 13.0 Å². The standard InChI is InChI=1S/C27H55NO4/c1-5-7-8-9-10-11-12-13-14-15-16-17-18-19-20-21-22-31-24-26(30-4)23-28-25(3)27(29)32-6-2/h25-26,28H,5-24H2,1-4H3. The van der Waals surface area contributed by atoms with Crippen LogP contribution in [-0.2, 0) is 19.0 Å². The molecule has 0 heterocycles. The van der Waals surface area contributed by atoms with Crippen molar-refractivity contribution >= 4 is 5.97 Å². The molecule has 0 aliphatic heterocycles. The summed E-state index contributed by atoms with van der Waals surface area (Å²) in [5, 5.41) is 3.15. The summed E-state index contributed by atoms with van der Waals surface area (Å²) >= 11 is 0. The zero-order valence-electron chi connectivity index (χ0n) is 21.9. The second kappa shape index (κ2) is 25.0. The molecular formula is C27H55NO4. The van der Waals surface area contributed by atoms with Crippen LogP contribution >= 0.6 is 0 Å². The van der Waals surface area contributed by atoms with Crippen LogP contribution in [0, 0.1) is 0 Å². The smallest absolute Gasteiger partial charge is 0.322 e. The van der Waals surface area contributed by atoms with Crippen molar-refractivity contribution in [1.29, 1.82) is 0 Å². The lowest BCUT2D eigenvalue weighted by Crippen LogP contribution is -2.41. The Morgan fingerprint density at radius 3 is 1.66 bits per heavy atom. The number of rotatable bonds is 25. The lowest BCUT2D eigenvalue weighted by Gasteiger charge is -2.19. The van der Waals surface area contributed by atoms with E-state index in [9.17, 15) is 4.79 Å². The van der Waals surface area contributed by atoms with Crippen molar-refractivity contribution in [1.82, 2.24) is 5.32 Å². The first kappa shape index (κ1) is 31.4. The first-order chi connectivity index (χ1) is 15.7. The van der Waals surface area contributed by atoms with E-state index in [1.54, 1.807) is 7.11 Å². The molecule has 5 heteroatoms.